The number of ketones is 1. The van der Waals surface area contributed by atoms with Gasteiger partial charge in [0.1, 0.15) is 0 Å². The number of nitrogens with one attached hydrogen (secondary N) is 1. The van der Waals surface area contributed by atoms with Crippen molar-refractivity contribution in [2.75, 3.05) is 11.9 Å². The first-order valence-corrected chi connectivity index (χ1v) is 8.88. The summed E-state index contributed by atoms with van der Waals surface area (Å²) in [7, 11) is 0. The number of amides is 1. The van der Waals surface area contributed by atoms with Crippen molar-refractivity contribution in [3.05, 3.63) is 64.7 Å². The summed E-state index contributed by atoms with van der Waals surface area (Å²) in [4.78, 5) is 36.0. The summed E-state index contributed by atoms with van der Waals surface area (Å²) in [5, 5.41) is 3.37. The SMILES string of the molecule is CC(C)(C)C(=O)Nc1ccc(C(=O)COC(=O)Cc2ccc(Cl)cc2)cc1. The molecule has 0 spiro atoms. The molecule has 0 unspecified atom stereocenters. The Labute approximate surface area is 163 Å². The number of carbonyl (C=O) groups is 3. The van der Waals surface area contributed by atoms with E-state index in [4.69, 9.17) is 16.3 Å². The van der Waals surface area contributed by atoms with Crippen LogP contribution in [0.4, 0.5) is 5.69 Å². The van der Waals surface area contributed by atoms with Crippen LogP contribution in [0.2, 0.25) is 5.02 Å². The second kappa shape index (κ2) is 8.82. The van der Waals surface area contributed by atoms with Gasteiger partial charge in [0.15, 0.2) is 12.4 Å². The number of Topliss-reactive ketones (excluding diaryl/α,β-unsaturated/α-hetero) is 1. The van der Waals surface area contributed by atoms with Crippen LogP contribution in [0.3, 0.4) is 0 Å². The largest absolute Gasteiger partial charge is 0.457 e. The number of ether oxygens (including phenoxy) is 1. The van der Waals surface area contributed by atoms with Crippen LogP contribution in [0.5, 0.6) is 0 Å². The molecule has 0 bridgehead atoms. The molecule has 2 aromatic carbocycles. The Kier molecular flexibility index (Phi) is 6.75. The Morgan fingerprint density at radius 2 is 1.56 bits per heavy atom. The lowest BCUT2D eigenvalue weighted by molar-refractivity contribution is -0.141. The van der Waals surface area contributed by atoms with E-state index in [9.17, 15) is 14.4 Å². The number of hydrogen-bond acceptors (Lipinski definition) is 4. The molecule has 0 atom stereocenters. The van der Waals surface area contributed by atoms with Crippen LogP contribution in [-0.2, 0) is 20.7 Å². The highest BCUT2D eigenvalue weighted by Gasteiger charge is 2.21. The molecule has 0 aliphatic heterocycles. The van der Waals surface area contributed by atoms with Crippen molar-refractivity contribution < 1.29 is 19.1 Å². The standard InChI is InChI=1S/C21H22ClNO4/c1-21(2,3)20(26)23-17-10-6-15(7-11-17)18(24)13-27-19(25)12-14-4-8-16(22)9-5-14/h4-11H,12-13H2,1-3H3,(H,23,26). The van der Waals surface area contributed by atoms with E-state index in [-0.39, 0.29) is 24.7 Å². The molecule has 0 heterocycles. The van der Waals surface area contributed by atoms with Gasteiger partial charge >= 0.3 is 5.97 Å². The van der Waals surface area contributed by atoms with Gasteiger partial charge in [-0.05, 0) is 42.0 Å². The van der Waals surface area contributed by atoms with Crippen molar-refractivity contribution in [2.45, 2.75) is 27.2 Å². The zero-order chi connectivity index (χ0) is 20.0. The molecule has 0 fully saturated rings. The molecular weight excluding hydrogens is 366 g/mol. The molecule has 0 saturated carbocycles. The second-order valence-electron chi connectivity index (χ2n) is 7.17. The van der Waals surface area contributed by atoms with E-state index in [1.807, 2.05) is 20.8 Å². The summed E-state index contributed by atoms with van der Waals surface area (Å²) >= 11 is 5.80. The normalized spacial score (nSPS) is 11.0. The highest BCUT2D eigenvalue weighted by molar-refractivity contribution is 6.30. The van der Waals surface area contributed by atoms with Crippen LogP contribution < -0.4 is 5.32 Å². The van der Waals surface area contributed by atoms with Crippen molar-refractivity contribution in [1.29, 1.82) is 0 Å². The van der Waals surface area contributed by atoms with Gasteiger partial charge in [-0.15, -0.1) is 0 Å². The Hall–Kier alpha value is -2.66. The monoisotopic (exact) mass is 387 g/mol. The fourth-order valence-corrected chi connectivity index (χ4v) is 2.23. The maximum atomic E-state index is 12.2. The number of anilines is 1. The van der Waals surface area contributed by atoms with Gasteiger partial charge in [-0.1, -0.05) is 44.5 Å². The molecule has 0 aromatic heterocycles. The molecule has 0 aliphatic rings. The van der Waals surface area contributed by atoms with Gasteiger partial charge < -0.3 is 10.1 Å². The van der Waals surface area contributed by atoms with Gasteiger partial charge in [-0.25, -0.2) is 0 Å². The quantitative estimate of drug-likeness (QED) is 0.592. The molecule has 6 heteroatoms. The van der Waals surface area contributed by atoms with E-state index in [1.165, 1.54) is 0 Å². The lowest BCUT2D eigenvalue weighted by Gasteiger charge is -2.17. The average molecular weight is 388 g/mol. The van der Waals surface area contributed by atoms with Crippen molar-refractivity contribution in [2.24, 2.45) is 5.41 Å². The predicted octanol–water partition coefficient (Wildman–Crippen LogP) is 4.29. The lowest BCUT2D eigenvalue weighted by atomic mass is 9.95. The maximum absolute atomic E-state index is 12.2. The third-order valence-corrected chi connectivity index (χ3v) is 4.02. The van der Waals surface area contributed by atoms with E-state index in [2.05, 4.69) is 5.32 Å². The Morgan fingerprint density at radius 1 is 0.963 bits per heavy atom. The number of esters is 1. The fourth-order valence-electron chi connectivity index (χ4n) is 2.11. The lowest BCUT2D eigenvalue weighted by Crippen LogP contribution is -2.27. The van der Waals surface area contributed by atoms with Crippen molar-refractivity contribution in [1.82, 2.24) is 0 Å². The van der Waals surface area contributed by atoms with Gasteiger partial charge in [0.05, 0.1) is 6.42 Å². The first kappa shape index (κ1) is 20.6. The number of hydrogen-bond donors (Lipinski definition) is 1. The second-order valence-corrected chi connectivity index (χ2v) is 7.61. The van der Waals surface area contributed by atoms with E-state index >= 15 is 0 Å². The summed E-state index contributed by atoms with van der Waals surface area (Å²) in [5.74, 6) is -0.911. The van der Waals surface area contributed by atoms with Crippen molar-refractivity contribution in [3.63, 3.8) is 0 Å². The number of halogens is 1. The number of carbonyl (C=O) groups excluding carboxylic acids is 3. The van der Waals surface area contributed by atoms with E-state index < -0.39 is 11.4 Å². The van der Waals surface area contributed by atoms with Gasteiger partial charge in [-0.2, -0.15) is 0 Å². The minimum absolute atomic E-state index is 0.0716. The molecule has 0 aliphatic carbocycles. The van der Waals surface area contributed by atoms with Crippen LogP contribution >= 0.6 is 11.6 Å². The van der Waals surface area contributed by atoms with Crippen molar-refractivity contribution in [3.8, 4) is 0 Å². The summed E-state index contributed by atoms with van der Waals surface area (Å²) in [6.07, 6.45) is 0.0716. The highest BCUT2D eigenvalue weighted by atomic mass is 35.5. The van der Waals surface area contributed by atoms with E-state index in [1.54, 1.807) is 48.5 Å². The topological polar surface area (TPSA) is 72.5 Å². The zero-order valence-corrected chi connectivity index (χ0v) is 16.3. The van der Waals surface area contributed by atoms with Crippen LogP contribution in [0, 0.1) is 5.41 Å². The molecular formula is C21H22ClNO4. The first-order valence-electron chi connectivity index (χ1n) is 8.50. The molecule has 5 nitrogen and oxygen atoms in total. The van der Waals surface area contributed by atoms with Gasteiger partial charge in [0.25, 0.3) is 0 Å². The van der Waals surface area contributed by atoms with Crippen LogP contribution in [-0.4, -0.2) is 24.3 Å². The van der Waals surface area contributed by atoms with Gasteiger partial charge in [0.2, 0.25) is 5.91 Å². The molecule has 1 amide bonds. The minimum Gasteiger partial charge on any atom is -0.457 e. The molecule has 0 radical (unpaired) electrons. The average Bonchev–Trinajstić information content (AvgIpc) is 2.61. The Bertz CT molecular complexity index is 821. The van der Waals surface area contributed by atoms with Crippen LogP contribution in [0.1, 0.15) is 36.7 Å². The first-order chi connectivity index (χ1) is 12.6. The predicted molar refractivity (Wildman–Crippen MR) is 105 cm³/mol. The van der Waals surface area contributed by atoms with E-state index in [0.29, 0.717) is 16.3 Å². The zero-order valence-electron chi connectivity index (χ0n) is 15.5. The summed E-state index contributed by atoms with van der Waals surface area (Å²) in [6, 6.07) is 13.3. The van der Waals surface area contributed by atoms with Crippen LogP contribution in [0.25, 0.3) is 0 Å². The highest BCUT2D eigenvalue weighted by Crippen LogP contribution is 2.18. The molecule has 142 valence electrons. The molecule has 1 N–H and O–H groups in total. The fraction of sp³-hybridized carbons (Fsp3) is 0.286. The van der Waals surface area contributed by atoms with Gasteiger partial charge in [-0.3, -0.25) is 14.4 Å². The smallest absolute Gasteiger partial charge is 0.310 e. The van der Waals surface area contributed by atoms with Crippen molar-refractivity contribution >= 4 is 34.9 Å². The Morgan fingerprint density at radius 3 is 2.11 bits per heavy atom. The molecule has 27 heavy (non-hydrogen) atoms. The molecule has 2 aromatic rings. The molecule has 2 rings (SSSR count). The van der Waals surface area contributed by atoms with Gasteiger partial charge in [0, 0.05) is 21.7 Å². The van der Waals surface area contributed by atoms with Crippen LogP contribution in [0.15, 0.2) is 48.5 Å². The number of rotatable bonds is 6. The number of benzene rings is 2. The summed E-state index contributed by atoms with van der Waals surface area (Å²) < 4.78 is 5.04. The summed E-state index contributed by atoms with van der Waals surface area (Å²) in [6.45, 7) is 5.12. The maximum Gasteiger partial charge on any atom is 0.310 e. The third-order valence-electron chi connectivity index (χ3n) is 3.77. The third kappa shape index (κ3) is 6.53. The summed E-state index contributed by atoms with van der Waals surface area (Å²) in [5.41, 5.74) is 1.26. The minimum atomic E-state index is -0.507. The van der Waals surface area contributed by atoms with E-state index in [0.717, 1.165) is 5.56 Å². The molecule has 0 saturated heterocycles. The Balaban J connectivity index is 1.85.